The summed E-state index contributed by atoms with van der Waals surface area (Å²) in [6.07, 6.45) is 1.78. The molecule has 0 fully saturated rings. The first-order chi connectivity index (χ1) is 7.00. The van der Waals surface area contributed by atoms with Gasteiger partial charge in [0.05, 0.1) is 16.1 Å². The zero-order valence-electron chi connectivity index (χ0n) is 8.54. The molecule has 2 N–H and O–H groups in total. The number of rotatable bonds is 1. The Morgan fingerprint density at radius 3 is 2.73 bits per heavy atom. The molecule has 1 amide bonds. The number of halogens is 1. The van der Waals surface area contributed by atoms with Gasteiger partial charge in [-0.3, -0.25) is 4.79 Å². The lowest BCUT2D eigenvalue weighted by Crippen LogP contribution is -2.12. The molecule has 0 aliphatic carbocycles. The third-order valence-corrected chi connectivity index (χ3v) is 2.74. The summed E-state index contributed by atoms with van der Waals surface area (Å²) >= 11 is 6.05. The molecule has 0 aliphatic rings. The van der Waals surface area contributed by atoms with Crippen LogP contribution in [0.25, 0.3) is 10.9 Å². The standard InChI is InChI=1S/C11H11ClN2O/c1-6-3-7-9(12)5-14(2)10(7)8(4-6)11(13)15/h3-5H,1-2H3,(H2,13,15). The predicted molar refractivity (Wildman–Crippen MR) is 61.2 cm³/mol. The number of carbonyl (C=O) groups is 1. The van der Waals surface area contributed by atoms with Crippen LogP contribution < -0.4 is 5.73 Å². The van der Waals surface area contributed by atoms with Crippen molar-refractivity contribution in [1.82, 2.24) is 4.57 Å². The minimum atomic E-state index is -0.429. The van der Waals surface area contributed by atoms with Gasteiger partial charge in [-0.15, -0.1) is 0 Å². The average Bonchev–Trinajstić information content (AvgIpc) is 2.41. The number of benzene rings is 1. The summed E-state index contributed by atoms with van der Waals surface area (Å²) in [7, 11) is 1.84. The Bertz CT molecular complexity index is 557. The number of nitrogens with two attached hydrogens (primary N) is 1. The molecule has 3 nitrogen and oxygen atoms in total. The van der Waals surface area contributed by atoms with Gasteiger partial charge < -0.3 is 10.3 Å². The summed E-state index contributed by atoms with van der Waals surface area (Å²) < 4.78 is 1.82. The molecule has 0 saturated heterocycles. The fourth-order valence-corrected chi connectivity index (χ4v) is 2.12. The summed E-state index contributed by atoms with van der Waals surface area (Å²) in [6, 6.07) is 3.73. The second kappa shape index (κ2) is 3.28. The molecule has 2 aromatic rings. The number of hydrogen-bond donors (Lipinski definition) is 1. The van der Waals surface area contributed by atoms with Crippen molar-refractivity contribution in [3.05, 3.63) is 34.5 Å². The number of carbonyl (C=O) groups excluding carboxylic acids is 1. The number of aromatic nitrogens is 1. The van der Waals surface area contributed by atoms with E-state index in [0.29, 0.717) is 10.6 Å². The summed E-state index contributed by atoms with van der Waals surface area (Å²) in [5.74, 6) is -0.429. The lowest BCUT2D eigenvalue weighted by Gasteiger charge is -2.04. The number of fused-ring (bicyclic) bond motifs is 1. The molecule has 0 bridgehead atoms. The Kier molecular flexibility index (Phi) is 2.20. The van der Waals surface area contributed by atoms with Crippen LogP contribution in [0, 0.1) is 6.92 Å². The van der Waals surface area contributed by atoms with Gasteiger partial charge in [-0.25, -0.2) is 0 Å². The second-order valence-corrected chi connectivity index (χ2v) is 4.07. The highest BCUT2D eigenvalue weighted by molar-refractivity contribution is 6.36. The molecule has 78 valence electrons. The zero-order chi connectivity index (χ0) is 11.2. The summed E-state index contributed by atoms with van der Waals surface area (Å²) in [5.41, 5.74) is 7.61. The van der Waals surface area contributed by atoms with E-state index >= 15 is 0 Å². The first-order valence-electron chi connectivity index (χ1n) is 4.55. The Morgan fingerprint density at radius 2 is 2.13 bits per heavy atom. The van der Waals surface area contributed by atoms with Gasteiger partial charge in [0.2, 0.25) is 0 Å². The van der Waals surface area contributed by atoms with Gasteiger partial charge in [-0.05, 0) is 24.6 Å². The third kappa shape index (κ3) is 1.49. The summed E-state index contributed by atoms with van der Waals surface area (Å²) in [4.78, 5) is 11.3. The molecule has 0 radical (unpaired) electrons. The second-order valence-electron chi connectivity index (χ2n) is 3.66. The first-order valence-corrected chi connectivity index (χ1v) is 4.93. The van der Waals surface area contributed by atoms with Crippen LogP contribution in [0.4, 0.5) is 0 Å². The molecule has 1 heterocycles. The van der Waals surface area contributed by atoms with Crippen molar-refractivity contribution in [1.29, 1.82) is 0 Å². The van der Waals surface area contributed by atoms with Crippen LogP contribution in [0.5, 0.6) is 0 Å². The summed E-state index contributed by atoms with van der Waals surface area (Å²) in [6.45, 7) is 1.91. The molecule has 0 saturated carbocycles. The van der Waals surface area contributed by atoms with E-state index in [1.165, 1.54) is 0 Å². The first kappa shape index (κ1) is 10.1. The van der Waals surface area contributed by atoms with Crippen molar-refractivity contribution in [3.63, 3.8) is 0 Å². The van der Waals surface area contributed by atoms with E-state index in [2.05, 4.69) is 0 Å². The molecule has 0 aliphatic heterocycles. The molecule has 1 aromatic heterocycles. The highest BCUT2D eigenvalue weighted by Gasteiger charge is 2.13. The Morgan fingerprint density at radius 1 is 1.47 bits per heavy atom. The fourth-order valence-electron chi connectivity index (χ4n) is 1.83. The Balaban J connectivity index is 2.96. The highest BCUT2D eigenvalue weighted by atomic mass is 35.5. The molecule has 2 rings (SSSR count). The van der Waals surface area contributed by atoms with E-state index < -0.39 is 5.91 Å². The molecular weight excluding hydrogens is 212 g/mol. The van der Waals surface area contributed by atoms with E-state index in [9.17, 15) is 4.79 Å². The van der Waals surface area contributed by atoms with Crippen molar-refractivity contribution in [2.24, 2.45) is 12.8 Å². The molecule has 1 aromatic carbocycles. The van der Waals surface area contributed by atoms with Crippen LogP contribution in [-0.2, 0) is 7.05 Å². The lowest BCUT2D eigenvalue weighted by molar-refractivity contribution is 0.100. The van der Waals surface area contributed by atoms with Gasteiger partial charge >= 0.3 is 0 Å². The fraction of sp³-hybridized carbons (Fsp3) is 0.182. The number of nitrogens with zero attached hydrogens (tertiary/aromatic N) is 1. The van der Waals surface area contributed by atoms with E-state index in [4.69, 9.17) is 17.3 Å². The van der Waals surface area contributed by atoms with Crippen molar-refractivity contribution >= 4 is 28.4 Å². The Hall–Kier alpha value is -1.48. The van der Waals surface area contributed by atoms with Gasteiger partial charge in [-0.2, -0.15) is 0 Å². The van der Waals surface area contributed by atoms with E-state index in [1.54, 1.807) is 12.3 Å². The van der Waals surface area contributed by atoms with Crippen molar-refractivity contribution in [3.8, 4) is 0 Å². The van der Waals surface area contributed by atoms with Gasteiger partial charge in [0.15, 0.2) is 0 Å². The minimum Gasteiger partial charge on any atom is -0.366 e. The molecule has 0 atom stereocenters. The van der Waals surface area contributed by atoms with Crippen LogP contribution in [-0.4, -0.2) is 10.5 Å². The Labute approximate surface area is 92.4 Å². The number of aryl methyl sites for hydroxylation is 2. The SMILES string of the molecule is Cc1cc(C(N)=O)c2c(c1)c(Cl)cn2C. The van der Waals surface area contributed by atoms with E-state index in [0.717, 1.165) is 16.5 Å². The number of amides is 1. The summed E-state index contributed by atoms with van der Waals surface area (Å²) in [5, 5.41) is 1.51. The minimum absolute atomic E-state index is 0.429. The van der Waals surface area contributed by atoms with Crippen LogP contribution in [0.3, 0.4) is 0 Å². The number of primary amides is 1. The van der Waals surface area contributed by atoms with E-state index in [-0.39, 0.29) is 0 Å². The van der Waals surface area contributed by atoms with Crippen molar-refractivity contribution in [2.75, 3.05) is 0 Å². The zero-order valence-corrected chi connectivity index (χ0v) is 9.30. The van der Waals surface area contributed by atoms with Gasteiger partial charge in [0.1, 0.15) is 0 Å². The maximum absolute atomic E-state index is 11.3. The van der Waals surface area contributed by atoms with Gasteiger partial charge in [0.25, 0.3) is 5.91 Å². The smallest absolute Gasteiger partial charge is 0.250 e. The molecule has 4 heteroatoms. The molecule has 15 heavy (non-hydrogen) atoms. The number of hydrogen-bond acceptors (Lipinski definition) is 1. The van der Waals surface area contributed by atoms with Crippen LogP contribution >= 0.6 is 11.6 Å². The van der Waals surface area contributed by atoms with Crippen LogP contribution in [0.15, 0.2) is 18.3 Å². The van der Waals surface area contributed by atoms with Crippen molar-refractivity contribution in [2.45, 2.75) is 6.92 Å². The lowest BCUT2D eigenvalue weighted by atomic mass is 10.1. The normalized spacial score (nSPS) is 10.9. The topological polar surface area (TPSA) is 48.0 Å². The van der Waals surface area contributed by atoms with Crippen LogP contribution in [0.1, 0.15) is 15.9 Å². The maximum Gasteiger partial charge on any atom is 0.250 e. The molecule has 0 unspecified atom stereocenters. The monoisotopic (exact) mass is 222 g/mol. The maximum atomic E-state index is 11.3. The quantitative estimate of drug-likeness (QED) is 0.791. The van der Waals surface area contributed by atoms with Crippen LogP contribution in [0.2, 0.25) is 5.02 Å². The van der Waals surface area contributed by atoms with Crippen molar-refractivity contribution < 1.29 is 4.79 Å². The average molecular weight is 223 g/mol. The predicted octanol–water partition coefficient (Wildman–Crippen LogP) is 2.24. The largest absolute Gasteiger partial charge is 0.366 e. The highest BCUT2D eigenvalue weighted by Crippen LogP contribution is 2.28. The molecular formula is C11H11ClN2O. The van der Waals surface area contributed by atoms with Gasteiger partial charge in [0, 0.05) is 18.6 Å². The van der Waals surface area contributed by atoms with E-state index in [1.807, 2.05) is 24.6 Å². The molecule has 0 spiro atoms. The third-order valence-electron chi connectivity index (χ3n) is 2.44. The van der Waals surface area contributed by atoms with Gasteiger partial charge in [-0.1, -0.05) is 11.6 Å².